The van der Waals surface area contributed by atoms with Gasteiger partial charge >= 0.3 is 11.7 Å². The predicted molar refractivity (Wildman–Crippen MR) is 76.0 cm³/mol. The lowest BCUT2D eigenvalue weighted by molar-refractivity contribution is 0.440. The van der Waals surface area contributed by atoms with Gasteiger partial charge in [0.1, 0.15) is 11.5 Å². The van der Waals surface area contributed by atoms with E-state index in [-0.39, 0.29) is 22.5 Å². The molecule has 0 unspecified atom stereocenters. The van der Waals surface area contributed by atoms with Crippen LogP contribution in [0.3, 0.4) is 0 Å². The summed E-state index contributed by atoms with van der Waals surface area (Å²) in [5, 5.41) is 3.92. The molecule has 2 aromatic heterocycles. The molecule has 9 heteroatoms. The molecule has 22 heavy (non-hydrogen) atoms. The summed E-state index contributed by atoms with van der Waals surface area (Å²) in [5.41, 5.74) is -0.662. The Morgan fingerprint density at radius 1 is 1.32 bits per heavy atom. The maximum absolute atomic E-state index is 14.1. The number of aryl methyl sites for hydroxylation is 1. The zero-order valence-corrected chi connectivity index (χ0v) is 12.0. The molecule has 0 saturated heterocycles. The van der Waals surface area contributed by atoms with Crippen LogP contribution in [0.2, 0.25) is 5.02 Å². The highest BCUT2D eigenvalue weighted by atomic mass is 35.5. The maximum Gasteiger partial charge on any atom is 0.348 e. The van der Waals surface area contributed by atoms with E-state index < -0.39 is 11.5 Å². The minimum atomic E-state index is -0.708. The third-order valence-corrected chi connectivity index (χ3v) is 3.00. The van der Waals surface area contributed by atoms with E-state index in [4.69, 9.17) is 16.3 Å². The van der Waals surface area contributed by atoms with E-state index in [0.29, 0.717) is 5.82 Å². The molecule has 1 aromatic carbocycles. The first-order valence-electron chi connectivity index (χ1n) is 6.15. The van der Waals surface area contributed by atoms with Gasteiger partial charge < -0.3 is 4.74 Å². The van der Waals surface area contributed by atoms with Crippen LogP contribution in [0.25, 0.3) is 5.69 Å². The molecule has 3 aromatic rings. The molecular weight excluding hydrogens is 313 g/mol. The molecule has 0 aliphatic heterocycles. The van der Waals surface area contributed by atoms with Crippen LogP contribution < -0.4 is 10.4 Å². The lowest BCUT2D eigenvalue weighted by atomic mass is 10.3. The Hall–Kier alpha value is -2.74. The molecule has 0 spiro atoms. The van der Waals surface area contributed by atoms with Crippen molar-refractivity contribution in [3.63, 3.8) is 0 Å². The zero-order chi connectivity index (χ0) is 15.7. The molecular formula is C13H9ClFN5O2. The molecule has 7 nitrogen and oxygen atoms in total. The van der Waals surface area contributed by atoms with Gasteiger partial charge in [-0.15, -0.1) is 0 Å². The lowest BCUT2D eigenvalue weighted by Crippen LogP contribution is -2.17. The van der Waals surface area contributed by atoms with E-state index in [9.17, 15) is 9.18 Å². The first kappa shape index (κ1) is 14.2. The van der Waals surface area contributed by atoms with Crippen LogP contribution in [0.5, 0.6) is 11.8 Å². The Morgan fingerprint density at radius 3 is 2.68 bits per heavy atom. The lowest BCUT2D eigenvalue weighted by Gasteiger charge is -2.08. The van der Waals surface area contributed by atoms with Crippen LogP contribution in [0.4, 0.5) is 4.39 Å². The van der Waals surface area contributed by atoms with Crippen LogP contribution in [-0.2, 0) is 0 Å². The van der Waals surface area contributed by atoms with E-state index in [2.05, 4.69) is 20.1 Å². The monoisotopic (exact) mass is 321 g/mol. The summed E-state index contributed by atoms with van der Waals surface area (Å²) in [5.74, 6) is -0.245. The highest BCUT2D eigenvalue weighted by Crippen LogP contribution is 2.31. The molecule has 0 bridgehead atoms. The van der Waals surface area contributed by atoms with Gasteiger partial charge in [0, 0.05) is 18.5 Å². The van der Waals surface area contributed by atoms with Crippen LogP contribution >= 0.6 is 11.6 Å². The Bertz CT molecular complexity index is 878. The highest BCUT2D eigenvalue weighted by molar-refractivity contribution is 6.32. The molecule has 1 N–H and O–H groups in total. The highest BCUT2D eigenvalue weighted by Gasteiger charge is 2.15. The minimum Gasteiger partial charge on any atom is -0.423 e. The number of halogens is 2. The zero-order valence-electron chi connectivity index (χ0n) is 11.2. The van der Waals surface area contributed by atoms with Crippen molar-refractivity contribution in [3.05, 3.63) is 57.7 Å². The second-order valence-corrected chi connectivity index (χ2v) is 4.70. The van der Waals surface area contributed by atoms with E-state index in [1.807, 2.05) is 0 Å². The normalized spacial score (nSPS) is 10.7. The number of rotatable bonds is 3. The summed E-state index contributed by atoms with van der Waals surface area (Å²) in [4.78, 5) is 21.9. The number of H-pyrrole nitrogens is 1. The standard InChI is InChI=1S/C13H9ClFN5O2/c1-7-18-13(21)20(19-7)10-6-11(8(14)5-9(10)15)22-12-16-3-2-4-17-12/h2-6H,1H3,(H,18,19,21). The topological polar surface area (TPSA) is 85.7 Å². The Kier molecular flexibility index (Phi) is 3.60. The van der Waals surface area contributed by atoms with Crippen molar-refractivity contribution < 1.29 is 9.13 Å². The molecule has 2 heterocycles. The van der Waals surface area contributed by atoms with Crippen LogP contribution in [-0.4, -0.2) is 24.7 Å². The first-order chi connectivity index (χ1) is 10.5. The van der Waals surface area contributed by atoms with Crippen molar-refractivity contribution >= 4 is 11.6 Å². The molecule has 112 valence electrons. The fourth-order valence-corrected chi connectivity index (χ4v) is 1.98. The number of hydrogen-bond donors (Lipinski definition) is 1. The van der Waals surface area contributed by atoms with E-state index in [1.54, 1.807) is 13.0 Å². The maximum atomic E-state index is 14.1. The van der Waals surface area contributed by atoms with Gasteiger partial charge in [0.2, 0.25) is 0 Å². The van der Waals surface area contributed by atoms with Crippen molar-refractivity contribution in [1.29, 1.82) is 0 Å². The Morgan fingerprint density at radius 2 is 2.05 bits per heavy atom. The average molecular weight is 322 g/mol. The van der Waals surface area contributed by atoms with Crippen LogP contribution in [0, 0.1) is 12.7 Å². The summed E-state index contributed by atoms with van der Waals surface area (Å²) in [6, 6.07) is 3.96. The Balaban J connectivity index is 2.07. The van der Waals surface area contributed by atoms with Gasteiger partial charge in [-0.1, -0.05) is 11.6 Å². The van der Waals surface area contributed by atoms with Gasteiger partial charge in [-0.05, 0) is 19.1 Å². The molecule has 0 fully saturated rings. The van der Waals surface area contributed by atoms with Gasteiger partial charge in [-0.2, -0.15) is 9.78 Å². The van der Waals surface area contributed by atoms with Gasteiger partial charge in [0.15, 0.2) is 11.6 Å². The number of hydrogen-bond acceptors (Lipinski definition) is 5. The van der Waals surface area contributed by atoms with Crippen LogP contribution in [0.15, 0.2) is 35.4 Å². The average Bonchev–Trinajstić information content (AvgIpc) is 2.81. The smallest absolute Gasteiger partial charge is 0.348 e. The van der Waals surface area contributed by atoms with Crippen molar-refractivity contribution in [2.75, 3.05) is 0 Å². The van der Waals surface area contributed by atoms with Gasteiger partial charge in [0.25, 0.3) is 0 Å². The van der Waals surface area contributed by atoms with Gasteiger partial charge in [-0.25, -0.2) is 19.2 Å². The molecule has 0 aliphatic carbocycles. The van der Waals surface area contributed by atoms with E-state index in [1.165, 1.54) is 18.5 Å². The van der Waals surface area contributed by atoms with Gasteiger partial charge in [0.05, 0.1) is 5.02 Å². The summed E-state index contributed by atoms with van der Waals surface area (Å²) >= 11 is 5.95. The Labute approximate surface area is 128 Å². The first-order valence-corrected chi connectivity index (χ1v) is 6.52. The SMILES string of the molecule is Cc1nn(-c2cc(Oc3ncccn3)c(Cl)cc2F)c(=O)[nH]1. The van der Waals surface area contributed by atoms with Crippen LogP contribution in [0.1, 0.15) is 5.82 Å². The summed E-state index contributed by atoms with van der Waals surface area (Å²) < 4.78 is 20.3. The number of aromatic nitrogens is 5. The number of nitrogens with one attached hydrogen (secondary N) is 1. The largest absolute Gasteiger partial charge is 0.423 e. The van der Waals surface area contributed by atoms with E-state index in [0.717, 1.165) is 10.7 Å². The number of nitrogens with zero attached hydrogens (tertiary/aromatic N) is 4. The summed E-state index contributed by atoms with van der Waals surface area (Å²) in [6.45, 7) is 1.58. The summed E-state index contributed by atoms with van der Waals surface area (Å²) in [7, 11) is 0. The molecule has 0 amide bonds. The fourth-order valence-electron chi connectivity index (χ4n) is 1.79. The third kappa shape index (κ3) is 2.68. The molecule has 0 radical (unpaired) electrons. The fraction of sp³-hybridized carbons (Fsp3) is 0.0769. The minimum absolute atomic E-state index is 0.0222. The second-order valence-electron chi connectivity index (χ2n) is 4.29. The number of ether oxygens (including phenoxy) is 1. The number of aromatic amines is 1. The molecule has 0 aliphatic rings. The van der Waals surface area contributed by atoms with E-state index >= 15 is 0 Å². The van der Waals surface area contributed by atoms with Crippen molar-refractivity contribution in [2.45, 2.75) is 6.92 Å². The van der Waals surface area contributed by atoms with Crippen molar-refractivity contribution in [2.24, 2.45) is 0 Å². The predicted octanol–water partition coefficient (Wildman–Crippen LogP) is 2.24. The number of benzene rings is 1. The molecule has 0 saturated carbocycles. The second kappa shape index (κ2) is 5.57. The molecule has 3 rings (SSSR count). The quantitative estimate of drug-likeness (QED) is 0.799. The third-order valence-electron chi connectivity index (χ3n) is 2.70. The summed E-state index contributed by atoms with van der Waals surface area (Å²) in [6.07, 6.45) is 2.98. The van der Waals surface area contributed by atoms with Gasteiger partial charge in [-0.3, -0.25) is 4.98 Å². The molecule has 0 atom stereocenters. The van der Waals surface area contributed by atoms with Crippen molar-refractivity contribution in [1.82, 2.24) is 24.7 Å². The van der Waals surface area contributed by atoms with Crippen molar-refractivity contribution in [3.8, 4) is 17.4 Å².